The van der Waals surface area contributed by atoms with Crippen LogP contribution in [0.15, 0.2) is 12.2 Å². The number of esters is 1. The van der Waals surface area contributed by atoms with Gasteiger partial charge in [0.2, 0.25) is 0 Å². The van der Waals surface area contributed by atoms with Crippen LogP contribution < -0.4 is 0 Å². The van der Waals surface area contributed by atoms with E-state index in [1.54, 1.807) is 0 Å². The third kappa shape index (κ3) is 2.98. The fourth-order valence-corrected chi connectivity index (χ4v) is 6.21. The maximum absolute atomic E-state index is 13.2. The Labute approximate surface area is 161 Å². The van der Waals surface area contributed by atoms with E-state index in [1.807, 2.05) is 6.92 Å². The molecule has 3 heterocycles. The number of hydrogen-bond donors (Lipinski definition) is 0. The van der Waals surface area contributed by atoms with E-state index in [4.69, 9.17) is 14.2 Å². The van der Waals surface area contributed by atoms with E-state index >= 15 is 0 Å². The predicted molar refractivity (Wildman–Crippen MR) is 100.0 cm³/mol. The molecule has 0 aromatic rings. The SMILES string of the molecule is C=C1CCC(=O)[C@]2(C)OC[C@H](C)C3C[C@@H](C)[C@@H](OC(C)=O)[C@H]4C(C1)OC2[C@@H]34. The Morgan fingerprint density at radius 3 is 2.67 bits per heavy atom. The molecule has 2 bridgehead atoms. The Morgan fingerprint density at radius 2 is 1.96 bits per heavy atom. The van der Waals surface area contributed by atoms with Crippen LogP contribution in [0, 0.1) is 29.6 Å². The van der Waals surface area contributed by atoms with Crippen LogP contribution in [0.1, 0.15) is 53.4 Å². The monoisotopic (exact) mass is 376 g/mol. The maximum atomic E-state index is 13.2. The minimum atomic E-state index is -0.924. The Kier molecular flexibility index (Phi) is 4.75. The van der Waals surface area contributed by atoms with E-state index in [0.29, 0.717) is 31.3 Å². The zero-order chi connectivity index (χ0) is 19.5. The number of Topliss-reactive ketones (excluding diaryl/α,β-unsaturated/α-hetero) is 1. The first kappa shape index (κ1) is 19.1. The summed E-state index contributed by atoms with van der Waals surface area (Å²) in [6, 6.07) is 0. The lowest BCUT2D eigenvalue weighted by atomic mass is 9.59. The Hall–Kier alpha value is -1.20. The van der Waals surface area contributed by atoms with Gasteiger partial charge in [0.15, 0.2) is 5.78 Å². The minimum absolute atomic E-state index is 0.0683. The molecule has 3 saturated heterocycles. The van der Waals surface area contributed by atoms with Crippen molar-refractivity contribution >= 4 is 11.8 Å². The van der Waals surface area contributed by atoms with Gasteiger partial charge in [-0.05, 0) is 43.9 Å². The van der Waals surface area contributed by atoms with Crippen LogP contribution in [-0.4, -0.2) is 42.3 Å². The van der Waals surface area contributed by atoms with Crippen LogP contribution in [0.4, 0.5) is 0 Å². The van der Waals surface area contributed by atoms with Crippen molar-refractivity contribution in [1.82, 2.24) is 0 Å². The average Bonchev–Trinajstić information content (AvgIpc) is 2.95. The zero-order valence-corrected chi connectivity index (χ0v) is 16.9. The Morgan fingerprint density at radius 1 is 1.22 bits per heavy atom. The molecule has 0 spiro atoms. The van der Waals surface area contributed by atoms with Gasteiger partial charge >= 0.3 is 5.97 Å². The van der Waals surface area contributed by atoms with Gasteiger partial charge in [0, 0.05) is 25.2 Å². The summed E-state index contributed by atoms with van der Waals surface area (Å²) in [7, 11) is 0. The van der Waals surface area contributed by atoms with Crippen LogP contribution in [-0.2, 0) is 23.8 Å². The molecule has 0 radical (unpaired) electrons. The second kappa shape index (κ2) is 6.70. The second-order valence-corrected chi connectivity index (χ2v) is 9.47. The second-order valence-electron chi connectivity index (χ2n) is 9.47. The molecule has 0 amide bonds. The van der Waals surface area contributed by atoms with Crippen LogP contribution in [0.3, 0.4) is 0 Å². The number of carbonyl (C=O) groups is 2. The quantitative estimate of drug-likeness (QED) is 0.519. The van der Waals surface area contributed by atoms with Gasteiger partial charge in [0.1, 0.15) is 11.7 Å². The van der Waals surface area contributed by atoms with Gasteiger partial charge in [-0.1, -0.05) is 26.0 Å². The summed E-state index contributed by atoms with van der Waals surface area (Å²) >= 11 is 0. The summed E-state index contributed by atoms with van der Waals surface area (Å²) in [4.78, 5) is 25.0. The van der Waals surface area contributed by atoms with Crippen molar-refractivity contribution in [3.8, 4) is 0 Å². The molecule has 3 aliphatic heterocycles. The number of ether oxygens (including phenoxy) is 3. The van der Waals surface area contributed by atoms with Gasteiger partial charge in [-0.25, -0.2) is 0 Å². The Bertz CT molecular complexity index is 657. The average molecular weight is 376 g/mol. The fourth-order valence-electron chi connectivity index (χ4n) is 6.21. The fraction of sp³-hybridized carbons (Fsp3) is 0.818. The van der Waals surface area contributed by atoms with E-state index < -0.39 is 5.60 Å². The lowest BCUT2D eigenvalue weighted by molar-refractivity contribution is -0.165. The van der Waals surface area contributed by atoms with Gasteiger partial charge < -0.3 is 14.2 Å². The molecule has 27 heavy (non-hydrogen) atoms. The number of hydrogen-bond acceptors (Lipinski definition) is 5. The van der Waals surface area contributed by atoms with Gasteiger partial charge in [-0.3, -0.25) is 9.59 Å². The first-order valence-electron chi connectivity index (χ1n) is 10.4. The third-order valence-corrected chi connectivity index (χ3v) is 7.59. The molecular weight excluding hydrogens is 344 g/mol. The van der Waals surface area contributed by atoms with Gasteiger partial charge in [0.05, 0.1) is 18.8 Å². The molecule has 150 valence electrons. The van der Waals surface area contributed by atoms with E-state index in [1.165, 1.54) is 6.92 Å². The van der Waals surface area contributed by atoms with Crippen molar-refractivity contribution < 1.29 is 23.8 Å². The largest absolute Gasteiger partial charge is 0.462 e. The zero-order valence-electron chi connectivity index (χ0n) is 16.9. The van der Waals surface area contributed by atoms with Crippen molar-refractivity contribution in [3.63, 3.8) is 0 Å². The molecule has 4 rings (SSSR count). The van der Waals surface area contributed by atoms with Gasteiger partial charge in [-0.2, -0.15) is 0 Å². The molecule has 9 atom stereocenters. The van der Waals surface area contributed by atoms with E-state index in [0.717, 1.165) is 18.4 Å². The highest BCUT2D eigenvalue weighted by atomic mass is 16.6. The number of fused-ring (bicyclic) bond motifs is 2. The smallest absolute Gasteiger partial charge is 0.302 e. The number of rotatable bonds is 1. The Balaban J connectivity index is 1.82. The number of carbonyl (C=O) groups excluding carboxylic acids is 2. The summed E-state index contributed by atoms with van der Waals surface area (Å²) in [6.07, 6.45) is 2.33. The van der Waals surface area contributed by atoms with Crippen molar-refractivity contribution in [2.24, 2.45) is 29.6 Å². The van der Waals surface area contributed by atoms with Crippen molar-refractivity contribution in [1.29, 1.82) is 0 Å². The minimum Gasteiger partial charge on any atom is -0.462 e. The maximum Gasteiger partial charge on any atom is 0.302 e. The van der Waals surface area contributed by atoms with Crippen LogP contribution in [0.2, 0.25) is 0 Å². The lowest BCUT2D eigenvalue weighted by Gasteiger charge is -2.46. The van der Waals surface area contributed by atoms with Crippen molar-refractivity contribution in [3.05, 3.63) is 12.2 Å². The number of ketones is 1. The molecular formula is C22H32O5. The normalized spacial score (nSPS) is 49.6. The summed E-state index contributed by atoms with van der Waals surface area (Å²) in [5, 5.41) is 0. The topological polar surface area (TPSA) is 61.8 Å². The van der Waals surface area contributed by atoms with E-state index in [2.05, 4.69) is 20.4 Å². The molecule has 1 aliphatic carbocycles. The molecule has 3 unspecified atom stereocenters. The highest BCUT2D eigenvalue weighted by Crippen LogP contribution is 2.57. The van der Waals surface area contributed by atoms with Crippen molar-refractivity contribution in [2.45, 2.75) is 77.3 Å². The summed E-state index contributed by atoms with van der Waals surface area (Å²) < 4.78 is 18.7. The van der Waals surface area contributed by atoms with Crippen LogP contribution >= 0.6 is 0 Å². The first-order chi connectivity index (χ1) is 12.7. The highest BCUT2D eigenvalue weighted by Gasteiger charge is 2.64. The van der Waals surface area contributed by atoms with Gasteiger partial charge in [0.25, 0.3) is 0 Å². The standard InChI is InChI=1S/C22H32O5/c1-11-6-7-17(24)22(5)21-18-15(13(3)10-25-22)9-12(2)20(26-14(4)23)19(18)16(8-11)27-21/h12-13,15-16,18-21H,1,6-10H2,2-5H3/t12-,13+,15?,16?,18+,19+,20-,21?,22+/m1/s1. The first-order valence-corrected chi connectivity index (χ1v) is 10.4. The summed E-state index contributed by atoms with van der Waals surface area (Å²) in [5.74, 6) is 1.17. The van der Waals surface area contributed by atoms with E-state index in [-0.39, 0.29) is 47.8 Å². The molecule has 5 nitrogen and oxygen atoms in total. The predicted octanol–water partition coefficient (Wildman–Crippen LogP) is 3.31. The van der Waals surface area contributed by atoms with Crippen LogP contribution in [0.5, 0.6) is 0 Å². The summed E-state index contributed by atoms with van der Waals surface area (Å²) in [5.41, 5.74) is 0.118. The molecule has 0 aromatic carbocycles. The van der Waals surface area contributed by atoms with Crippen LogP contribution in [0.25, 0.3) is 0 Å². The molecule has 5 heteroatoms. The molecule has 0 aromatic heterocycles. The molecule has 0 N–H and O–H groups in total. The van der Waals surface area contributed by atoms with Gasteiger partial charge in [-0.15, -0.1) is 0 Å². The molecule has 4 fully saturated rings. The molecule has 1 saturated carbocycles. The lowest BCUT2D eigenvalue weighted by Crippen LogP contribution is -2.54. The van der Waals surface area contributed by atoms with E-state index in [9.17, 15) is 9.59 Å². The summed E-state index contributed by atoms with van der Waals surface area (Å²) in [6.45, 7) is 12.6. The highest BCUT2D eigenvalue weighted by molar-refractivity contribution is 5.88. The third-order valence-electron chi connectivity index (χ3n) is 7.59. The van der Waals surface area contributed by atoms with Crippen molar-refractivity contribution in [2.75, 3.05) is 6.61 Å². The molecule has 4 aliphatic rings.